The number of hydrogen-bond acceptors (Lipinski definition) is 2. The summed E-state index contributed by atoms with van der Waals surface area (Å²) in [5.41, 5.74) is 2.03. The second-order valence-electron chi connectivity index (χ2n) is 3.45. The average Bonchev–Trinajstić information content (AvgIpc) is 2.19. The molecule has 1 N–H and O–H groups in total. The Morgan fingerprint density at radius 3 is 2.87 bits per heavy atom. The van der Waals surface area contributed by atoms with E-state index in [4.69, 9.17) is 9.84 Å². The van der Waals surface area contributed by atoms with Crippen LogP contribution in [-0.4, -0.2) is 18.3 Å². The molecule has 1 aromatic carbocycles. The minimum absolute atomic E-state index is 0.141. The first-order chi connectivity index (χ1) is 7.15. The van der Waals surface area contributed by atoms with Gasteiger partial charge in [-0.3, -0.25) is 0 Å². The molecule has 82 valence electrons. The van der Waals surface area contributed by atoms with Gasteiger partial charge in [-0.1, -0.05) is 18.7 Å². The molecule has 15 heavy (non-hydrogen) atoms. The van der Waals surface area contributed by atoms with E-state index in [0.29, 0.717) is 13.0 Å². The number of benzene rings is 1. The zero-order valence-corrected chi connectivity index (χ0v) is 10.4. The van der Waals surface area contributed by atoms with Crippen LogP contribution in [0.4, 0.5) is 0 Å². The van der Waals surface area contributed by atoms with Crippen molar-refractivity contribution in [3.8, 4) is 5.75 Å². The Morgan fingerprint density at radius 2 is 2.27 bits per heavy atom. The molecule has 0 bridgehead atoms. The molecule has 0 unspecified atom stereocenters. The zero-order valence-electron chi connectivity index (χ0n) is 8.79. The number of ether oxygens (including phenoxy) is 1. The molecule has 0 saturated heterocycles. The molecule has 0 saturated carbocycles. The highest BCUT2D eigenvalue weighted by Gasteiger charge is 2.05. The van der Waals surface area contributed by atoms with Crippen LogP contribution in [0.1, 0.15) is 12.5 Å². The highest BCUT2D eigenvalue weighted by atomic mass is 79.9. The SMILES string of the molecule is C=C(C)COc1cccc(CCO)c1Br. The molecule has 0 aromatic heterocycles. The van der Waals surface area contributed by atoms with Crippen molar-refractivity contribution >= 4 is 15.9 Å². The minimum atomic E-state index is 0.141. The van der Waals surface area contributed by atoms with Gasteiger partial charge in [0.05, 0.1) is 4.47 Å². The lowest BCUT2D eigenvalue weighted by Crippen LogP contribution is -2.00. The first-order valence-electron chi connectivity index (χ1n) is 4.80. The summed E-state index contributed by atoms with van der Waals surface area (Å²) in [5, 5.41) is 8.88. The van der Waals surface area contributed by atoms with Crippen LogP contribution in [0.2, 0.25) is 0 Å². The van der Waals surface area contributed by atoms with E-state index in [9.17, 15) is 0 Å². The van der Waals surface area contributed by atoms with E-state index < -0.39 is 0 Å². The molecule has 0 spiro atoms. The summed E-state index contributed by atoms with van der Waals surface area (Å²) in [6.45, 7) is 6.36. The van der Waals surface area contributed by atoms with E-state index in [0.717, 1.165) is 21.4 Å². The number of hydrogen-bond donors (Lipinski definition) is 1. The van der Waals surface area contributed by atoms with Gasteiger partial charge in [-0.2, -0.15) is 0 Å². The number of halogens is 1. The van der Waals surface area contributed by atoms with E-state index in [1.165, 1.54) is 0 Å². The van der Waals surface area contributed by atoms with Gasteiger partial charge in [0.1, 0.15) is 12.4 Å². The highest BCUT2D eigenvalue weighted by Crippen LogP contribution is 2.29. The maximum absolute atomic E-state index is 8.88. The van der Waals surface area contributed by atoms with Crippen LogP contribution in [0.3, 0.4) is 0 Å². The standard InChI is InChI=1S/C12H15BrO2/c1-9(2)8-15-11-5-3-4-10(6-7-14)12(11)13/h3-5,14H,1,6-8H2,2H3. The fourth-order valence-electron chi connectivity index (χ4n) is 1.18. The van der Waals surface area contributed by atoms with Gasteiger partial charge in [0, 0.05) is 6.61 Å². The number of aliphatic hydroxyl groups excluding tert-OH is 1. The molecule has 0 aliphatic rings. The minimum Gasteiger partial charge on any atom is -0.488 e. The molecule has 0 heterocycles. The lowest BCUT2D eigenvalue weighted by Gasteiger charge is -2.10. The maximum atomic E-state index is 8.88. The van der Waals surface area contributed by atoms with Crippen molar-refractivity contribution in [1.29, 1.82) is 0 Å². The zero-order chi connectivity index (χ0) is 11.3. The van der Waals surface area contributed by atoms with Crippen molar-refractivity contribution in [3.63, 3.8) is 0 Å². The van der Waals surface area contributed by atoms with Crippen molar-refractivity contribution in [2.24, 2.45) is 0 Å². The van der Waals surface area contributed by atoms with Crippen LogP contribution in [0.5, 0.6) is 5.75 Å². The summed E-state index contributed by atoms with van der Waals surface area (Å²) in [7, 11) is 0. The monoisotopic (exact) mass is 270 g/mol. The van der Waals surface area contributed by atoms with Crippen molar-refractivity contribution < 1.29 is 9.84 Å². The largest absolute Gasteiger partial charge is 0.488 e. The summed E-state index contributed by atoms with van der Waals surface area (Å²) < 4.78 is 6.47. The van der Waals surface area contributed by atoms with Crippen molar-refractivity contribution in [1.82, 2.24) is 0 Å². The molecule has 0 aliphatic carbocycles. The summed E-state index contributed by atoms with van der Waals surface area (Å²) in [6.07, 6.45) is 0.630. The molecule has 1 rings (SSSR count). The summed E-state index contributed by atoms with van der Waals surface area (Å²) >= 11 is 3.47. The van der Waals surface area contributed by atoms with Gasteiger partial charge in [-0.15, -0.1) is 0 Å². The molecule has 0 amide bonds. The predicted octanol–water partition coefficient (Wildman–Crippen LogP) is 2.94. The van der Waals surface area contributed by atoms with Gasteiger partial charge in [0.2, 0.25) is 0 Å². The van der Waals surface area contributed by atoms with E-state index in [2.05, 4.69) is 22.5 Å². The Morgan fingerprint density at radius 1 is 1.53 bits per heavy atom. The molecule has 2 nitrogen and oxygen atoms in total. The van der Waals surface area contributed by atoms with E-state index in [1.54, 1.807) is 0 Å². The average molecular weight is 271 g/mol. The summed E-state index contributed by atoms with van der Waals surface area (Å²) in [5.74, 6) is 0.795. The third-order valence-corrected chi connectivity index (χ3v) is 2.80. The van der Waals surface area contributed by atoms with E-state index in [-0.39, 0.29) is 6.61 Å². The Hall–Kier alpha value is -0.800. The van der Waals surface area contributed by atoms with E-state index in [1.807, 2.05) is 25.1 Å². The lowest BCUT2D eigenvalue weighted by atomic mass is 10.1. The van der Waals surface area contributed by atoms with Crippen LogP contribution in [0, 0.1) is 0 Å². The lowest BCUT2D eigenvalue weighted by molar-refractivity contribution is 0.298. The molecule has 1 aromatic rings. The van der Waals surface area contributed by atoms with E-state index >= 15 is 0 Å². The molecule has 0 radical (unpaired) electrons. The van der Waals surface area contributed by atoms with Crippen LogP contribution in [-0.2, 0) is 6.42 Å². The molecule has 0 fully saturated rings. The van der Waals surface area contributed by atoms with Gasteiger partial charge >= 0.3 is 0 Å². The number of aliphatic hydroxyl groups is 1. The van der Waals surface area contributed by atoms with Gasteiger partial charge in [0.25, 0.3) is 0 Å². The Kier molecular flexibility index (Phi) is 4.85. The first-order valence-corrected chi connectivity index (χ1v) is 5.60. The van der Waals surface area contributed by atoms with Crippen molar-refractivity contribution in [3.05, 3.63) is 40.4 Å². The van der Waals surface area contributed by atoms with Crippen LogP contribution in [0.15, 0.2) is 34.8 Å². The van der Waals surface area contributed by atoms with Crippen molar-refractivity contribution in [2.45, 2.75) is 13.3 Å². The summed E-state index contributed by atoms with van der Waals surface area (Å²) in [6, 6.07) is 5.78. The Bertz CT molecular complexity index is 347. The first kappa shape index (κ1) is 12.3. The quantitative estimate of drug-likeness (QED) is 0.834. The third-order valence-electron chi connectivity index (χ3n) is 1.90. The fraction of sp³-hybridized carbons (Fsp3) is 0.333. The van der Waals surface area contributed by atoms with Crippen LogP contribution < -0.4 is 4.74 Å². The highest BCUT2D eigenvalue weighted by molar-refractivity contribution is 9.10. The van der Waals surface area contributed by atoms with Crippen LogP contribution in [0.25, 0.3) is 0 Å². The fourth-order valence-corrected chi connectivity index (χ4v) is 1.76. The molecule has 3 heteroatoms. The van der Waals surface area contributed by atoms with Gasteiger partial charge in [0.15, 0.2) is 0 Å². The molecule has 0 aliphatic heterocycles. The summed E-state index contributed by atoms with van der Waals surface area (Å²) in [4.78, 5) is 0. The Balaban J connectivity index is 2.79. The maximum Gasteiger partial charge on any atom is 0.134 e. The van der Waals surface area contributed by atoms with Gasteiger partial charge in [-0.25, -0.2) is 0 Å². The van der Waals surface area contributed by atoms with Gasteiger partial charge < -0.3 is 9.84 Å². The molecular formula is C12H15BrO2. The third kappa shape index (κ3) is 3.68. The number of rotatable bonds is 5. The van der Waals surface area contributed by atoms with Crippen LogP contribution >= 0.6 is 15.9 Å². The Labute approximate surface area is 98.7 Å². The van der Waals surface area contributed by atoms with Crippen molar-refractivity contribution in [2.75, 3.05) is 13.2 Å². The van der Waals surface area contributed by atoms with Gasteiger partial charge in [-0.05, 0) is 46.5 Å². The predicted molar refractivity (Wildman–Crippen MR) is 65.2 cm³/mol. The second-order valence-corrected chi connectivity index (χ2v) is 4.24. The molecular weight excluding hydrogens is 256 g/mol. The smallest absolute Gasteiger partial charge is 0.134 e. The normalized spacial score (nSPS) is 10.1. The topological polar surface area (TPSA) is 29.5 Å². The molecule has 0 atom stereocenters. The second kappa shape index (κ2) is 5.93.